The van der Waals surface area contributed by atoms with Gasteiger partial charge in [-0.1, -0.05) is 13.0 Å². The average Bonchev–Trinajstić information content (AvgIpc) is 2.36. The highest BCUT2D eigenvalue weighted by Crippen LogP contribution is 2.29. The average molecular weight is 253 g/mol. The van der Waals surface area contributed by atoms with Gasteiger partial charge in [-0.15, -0.1) is 0 Å². The van der Waals surface area contributed by atoms with Crippen LogP contribution in [0, 0.1) is 0 Å². The minimum absolute atomic E-state index is 0.392. The smallest absolute Gasteiger partial charge is 0.344 e. The summed E-state index contributed by atoms with van der Waals surface area (Å²) in [5.74, 6) is -0.0150. The Bertz CT molecular complexity index is 406. The molecule has 0 fully saturated rings. The van der Waals surface area contributed by atoms with Gasteiger partial charge in [0.2, 0.25) is 0 Å². The molecule has 0 aliphatic carbocycles. The van der Waals surface area contributed by atoms with E-state index in [1.807, 2.05) is 12.1 Å². The van der Waals surface area contributed by atoms with Gasteiger partial charge in [0.25, 0.3) is 0 Å². The van der Waals surface area contributed by atoms with Crippen molar-refractivity contribution in [2.75, 3.05) is 13.7 Å². The van der Waals surface area contributed by atoms with E-state index in [-0.39, 0.29) is 0 Å². The number of carboxylic acids is 1. The van der Waals surface area contributed by atoms with Gasteiger partial charge in [0, 0.05) is 0 Å². The lowest BCUT2D eigenvalue weighted by atomic mass is 10.1. The zero-order valence-corrected chi connectivity index (χ0v) is 10.7. The van der Waals surface area contributed by atoms with E-state index >= 15 is 0 Å². The van der Waals surface area contributed by atoms with Crippen LogP contribution < -0.4 is 15.2 Å². The van der Waals surface area contributed by atoms with E-state index in [2.05, 4.69) is 0 Å². The topological polar surface area (TPSA) is 81.8 Å². The molecule has 18 heavy (non-hydrogen) atoms. The molecule has 5 heteroatoms. The number of aliphatic carboxylic acids is 1. The monoisotopic (exact) mass is 253 g/mol. The maximum absolute atomic E-state index is 10.9. The van der Waals surface area contributed by atoms with Gasteiger partial charge in [-0.3, -0.25) is 0 Å². The number of nitrogens with two attached hydrogens (primary N) is 1. The van der Waals surface area contributed by atoms with Gasteiger partial charge in [0.1, 0.15) is 0 Å². The summed E-state index contributed by atoms with van der Waals surface area (Å²) in [7, 11) is 1.52. The van der Waals surface area contributed by atoms with Crippen molar-refractivity contribution in [2.45, 2.75) is 25.9 Å². The van der Waals surface area contributed by atoms with Crippen molar-refractivity contribution in [1.82, 2.24) is 0 Å². The largest absolute Gasteiger partial charge is 0.493 e. The van der Waals surface area contributed by atoms with Crippen molar-refractivity contribution in [3.8, 4) is 11.5 Å². The Morgan fingerprint density at radius 1 is 1.44 bits per heavy atom. The number of hydrogen-bond acceptors (Lipinski definition) is 4. The highest BCUT2D eigenvalue weighted by Gasteiger charge is 2.18. The van der Waals surface area contributed by atoms with E-state index in [4.69, 9.17) is 20.3 Å². The predicted molar refractivity (Wildman–Crippen MR) is 68.1 cm³/mol. The maximum Gasteiger partial charge on any atom is 0.344 e. The predicted octanol–water partition coefficient (Wildman–Crippen LogP) is 1.44. The number of methoxy groups -OCH3 is 1. The number of carboxylic acid groups (broad SMARTS) is 1. The van der Waals surface area contributed by atoms with Crippen molar-refractivity contribution < 1.29 is 19.4 Å². The number of rotatable bonds is 7. The molecule has 0 saturated carbocycles. The molecule has 100 valence electrons. The summed E-state index contributed by atoms with van der Waals surface area (Å²) in [6, 6.07) is 5.39. The Hall–Kier alpha value is -1.75. The third-order valence-corrected chi connectivity index (χ3v) is 2.58. The molecule has 0 saturated heterocycles. The molecule has 0 amide bonds. The van der Waals surface area contributed by atoms with Crippen LogP contribution in [0.15, 0.2) is 18.2 Å². The fourth-order valence-electron chi connectivity index (χ4n) is 1.59. The molecule has 0 spiro atoms. The van der Waals surface area contributed by atoms with Gasteiger partial charge in [-0.25, -0.2) is 4.79 Å². The maximum atomic E-state index is 10.9. The van der Waals surface area contributed by atoms with Crippen LogP contribution in [0.3, 0.4) is 0 Å². The van der Waals surface area contributed by atoms with Gasteiger partial charge in [0.15, 0.2) is 17.6 Å². The van der Waals surface area contributed by atoms with Crippen LogP contribution >= 0.6 is 0 Å². The van der Waals surface area contributed by atoms with E-state index < -0.39 is 12.1 Å². The van der Waals surface area contributed by atoms with Crippen molar-refractivity contribution in [2.24, 2.45) is 5.73 Å². The molecule has 1 rings (SSSR count). The summed E-state index contributed by atoms with van der Waals surface area (Å²) in [6.07, 6.45) is 0.273. The number of ether oxygens (including phenoxy) is 2. The molecule has 0 bridgehead atoms. The highest BCUT2D eigenvalue weighted by atomic mass is 16.5. The van der Waals surface area contributed by atoms with Gasteiger partial charge in [-0.2, -0.15) is 0 Å². The first-order chi connectivity index (χ1) is 8.62. The molecular formula is C13H19NO4. The molecule has 3 N–H and O–H groups in total. The third kappa shape index (κ3) is 3.63. The number of hydrogen-bond donors (Lipinski definition) is 2. The molecule has 5 nitrogen and oxygen atoms in total. The quantitative estimate of drug-likeness (QED) is 0.768. The van der Waals surface area contributed by atoms with E-state index in [0.717, 1.165) is 12.0 Å². The van der Waals surface area contributed by atoms with E-state index in [1.165, 1.54) is 7.11 Å². The second kappa shape index (κ2) is 6.86. The molecule has 0 aliphatic heterocycles. The SMILES string of the molecule is CCC(Oc1ccc(CCN)cc1OC)C(=O)O. The Balaban J connectivity index is 2.91. The van der Waals surface area contributed by atoms with Gasteiger partial charge < -0.3 is 20.3 Å². The summed E-state index contributed by atoms with van der Waals surface area (Å²) in [5, 5.41) is 8.95. The second-order valence-corrected chi connectivity index (χ2v) is 3.88. The lowest BCUT2D eigenvalue weighted by molar-refractivity contribution is -0.145. The summed E-state index contributed by atoms with van der Waals surface area (Å²) in [6.45, 7) is 2.31. The Morgan fingerprint density at radius 3 is 2.67 bits per heavy atom. The summed E-state index contributed by atoms with van der Waals surface area (Å²) >= 11 is 0. The fraction of sp³-hybridized carbons (Fsp3) is 0.462. The standard InChI is InChI=1S/C13H19NO4/c1-3-10(13(15)16)18-11-5-4-9(6-7-14)8-12(11)17-2/h4-5,8,10H,3,6-7,14H2,1-2H3,(H,15,16). The van der Waals surface area contributed by atoms with Crippen LogP contribution in [0.5, 0.6) is 11.5 Å². The van der Waals surface area contributed by atoms with Gasteiger partial charge >= 0.3 is 5.97 Å². The first-order valence-corrected chi connectivity index (χ1v) is 5.88. The molecular weight excluding hydrogens is 234 g/mol. The van der Waals surface area contributed by atoms with Crippen molar-refractivity contribution in [1.29, 1.82) is 0 Å². The third-order valence-electron chi connectivity index (χ3n) is 2.58. The first kappa shape index (κ1) is 14.3. The summed E-state index contributed by atoms with van der Waals surface area (Å²) in [5.41, 5.74) is 6.51. The molecule has 1 atom stereocenters. The van der Waals surface area contributed by atoms with Crippen LogP contribution in [0.2, 0.25) is 0 Å². The second-order valence-electron chi connectivity index (χ2n) is 3.88. The number of benzene rings is 1. The summed E-state index contributed by atoms with van der Waals surface area (Å²) in [4.78, 5) is 10.9. The Kier molecular flexibility index (Phi) is 5.45. The molecule has 0 radical (unpaired) electrons. The van der Waals surface area contributed by atoms with Crippen LogP contribution in [-0.2, 0) is 11.2 Å². The zero-order chi connectivity index (χ0) is 13.5. The molecule has 1 aromatic rings. The lowest BCUT2D eigenvalue weighted by Gasteiger charge is -2.16. The Morgan fingerprint density at radius 2 is 2.17 bits per heavy atom. The molecule has 1 unspecified atom stereocenters. The highest BCUT2D eigenvalue weighted by molar-refractivity contribution is 5.72. The van der Waals surface area contributed by atoms with Crippen LogP contribution in [0.4, 0.5) is 0 Å². The van der Waals surface area contributed by atoms with E-state index in [0.29, 0.717) is 24.5 Å². The lowest BCUT2D eigenvalue weighted by Crippen LogP contribution is -2.26. The van der Waals surface area contributed by atoms with Crippen LogP contribution in [0.25, 0.3) is 0 Å². The molecule has 0 heterocycles. The van der Waals surface area contributed by atoms with E-state index in [9.17, 15) is 4.79 Å². The van der Waals surface area contributed by atoms with E-state index in [1.54, 1.807) is 13.0 Å². The van der Waals surface area contributed by atoms with Crippen molar-refractivity contribution >= 4 is 5.97 Å². The molecule has 0 aromatic heterocycles. The van der Waals surface area contributed by atoms with Crippen molar-refractivity contribution in [3.05, 3.63) is 23.8 Å². The Labute approximate surface area is 107 Å². The fourth-order valence-corrected chi connectivity index (χ4v) is 1.59. The minimum Gasteiger partial charge on any atom is -0.493 e. The van der Waals surface area contributed by atoms with Crippen LogP contribution in [-0.4, -0.2) is 30.8 Å². The van der Waals surface area contributed by atoms with Gasteiger partial charge in [-0.05, 0) is 37.1 Å². The normalized spacial score (nSPS) is 11.9. The van der Waals surface area contributed by atoms with Crippen molar-refractivity contribution in [3.63, 3.8) is 0 Å². The van der Waals surface area contributed by atoms with Crippen LogP contribution in [0.1, 0.15) is 18.9 Å². The summed E-state index contributed by atoms with van der Waals surface area (Å²) < 4.78 is 10.6. The van der Waals surface area contributed by atoms with Gasteiger partial charge in [0.05, 0.1) is 7.11 Å². The molecule has 0 aliphatic rings. The zero-order valence-electron chi connectivity index (χ0n) is 10.7. The minimum atomic E-state index is -0.981. The first-order valence-electron chi connectivity index (χ1n) is 5.88. The number of carbonyl (C=O) groups is 1. The molecule has 1 aromatic carbocycles.